The van der Waals surface area contributed by atoms with E-state index in [2.05, 4.69) is 12.2 Å². The molecule has 0 bridgehead atoms. The van der Waals surface area contributed by atoms with E-state index in [-0.39, 0.29) is 5.75 Å². The first-order valence-electron chi connectivity index (χ1n) is 7.35. The summed E-state index contributed by atoms with van der Waals surface area (Å²) in [5.41, 5.74) is -1.23. The minimum atomic E-state index is -1.23. The molecule has 0 saturated heterocycles. The number of benzene rings is 1. The van der Waals surface area contributed by atoms with E-state index < -0.39 is 29.8 Å². The largest absolute Gasteiger partial charge is 0.481 e. The molecule has 0 spiro atoms. The first kappa shape index (κ1) is 16.3. The lowest BCUT2D eigenvalue weighted by Gasteiger charge is -2.36. The number of carbonyl (C=O) groups is 2. The van der Waals surface area contributed by atoms with Crippen LogP contribution in [-0.2, 0) is 9.59 Å². The fourth-order valence-electron chi connectivity index (χ4n) is 2.66. The number of carboxylic acid groups (broad SMARTS) is 1. The van der Waals surface area contributed by atoms with Gasteiger partial charge >= 0.3 is 5.97 Å². The lowest BCUT2D eigenvalue weighted by molar-refractivity contribution is -0.150. The van der Waals surface area contributed by atoms with Gasteiger partial charge in [-0.3, -0.25) is 4.79 Å². The zero-order valence-electron chi connectivity index (χ0n) is 12.5. The summed E-state index contributed by atoms with van der Waals surface area (Å²) in [6, 6.07) is 5.76. The van der Waals surface area contributed by atoms with Gasteiger partial charge in [-0.15, -0.1) is 0 Å². The van der Waals surface area contributed by atoms with Crippen molar-refractivity contribution in [1.82, 2.24) is 5.32 Å². The van der Waals surface area contributed by atoms with Gasteiger partial charge in [0.1, 0.15) is 5.54 Å². The van der Waals surface area contributed by atoms with Crippen molar-refractivity contribution in [3.8, 4) is 5.75 Å². The standard InChI is InChI=1S/C16H20FNO4/c1-11-6-8-16(9-7-11,15(20)21)18-14(19)10-22-13-5-3-2-4-12(13)17/h2-5,11H,6-10H2,1H3,(H,18,19)(H,20,21). The average molecular weight is 309 g/mol. The Morgan fingerprint density at radius 1 is 1.36 bits per heavy atom. The van der Waals surface area contributed by atoms with Crippen LogP contribution in [0.5, 0.6) is 5.75 Å². The highest BCUT2D eigenvalue weighted by atomic mass is 19.1. The summed E-state index contributed by atoms with van der Waals surface area (Å²) >= 11 is 0. The third-order valence-corrected chi connectivity index (χ3v) is 4.11. The zero-order chi connectivity index (χ0) is 16.2. The van der Waals surface area contributed by atoms with E-state index in [0.717, 1.165) is 12.8 Å². The number of nitrogens with one attached hydrogen (secondary N) is 1. The molecule has 0 aliphatic heterocycles. The number of hydrogen-bond acceptors (Lipinski definition) is 3. The summed E-state index contributed by atoms with van der Waals surface area (Å²) in [4.78, 5) is 23.5. The van der Waals surface area contributed by atoms with Crippen LogP contribution in [0.25, 0.3) is 0 Å². The first-order valence-corrected chi connectivity index (χ1v) is 7.35. The predicted octanol–water partition coefficient (Wildman–Crippen LogP) is 2.35. The molecule has 2 rings (SSSR count). The topological polar surface area (TPSA) is 75.6 Å². The summed E-state index contributed by atoms with van der Waals surface area (Å²) in [6.45, 7) is 1.65. The number of para-hydroxylation sites is 1. The number of amides is 1. The molecule has 0 atom stereocenters. The molecule has 120 valence electrons. The van der Waals surface area contributed by atoms with Gasteiger partial charge in [-0.25, -0.2) is 9.18 Å². The Bertz CT molecular complexity index is 553. The van der Waals surface area contributed by atoms with Crippen LogP contribution in [0.1, 0.15) is 32.6 Å². The van der Waals surface area contributed by atoms with E-state index in [9.17, 15) is 19.1 Å². The van der Waals surface area contributed by atoms with Gasteiger partial charge in [-0.2, -0.15) is 0 Å². The van der Waals surface area contributed by atoms with Gasteiger partial charge in [0.05, 0.1) is 0 Å². The molecule has 0 unspecified atom stereocenters. The molecular formula is C16H20FNO4. The molecule has 1 amide bonds. The van der Waals surface area contributed by atoms with E-state index >= 15 is 0 Å². The van der Waals surface area contributed by atoms with Crippen LogP contribution in [0.15, 0.2) is 24.3 Å². The minimum absolute atomic E-state index is 0.0284. The maximum absolute atomic E-state index is 13.4. The Kier molecular flexibility index (Phi) is 5.00. The van der Waals surface area contributed by atoms with Crippen LogP contribution in [-0.4, -0.2) is 29.1 Å². The second kappa shape index (κ2) is 6.77. The van der Waals surface area contributed by atoms with Gasteiger partial charge in [0.25, 0.3) is 5.91 Å². The zero-order valence-corrected chi connectivity index (χ0v) is 12.5. The highest BCUT2D eigenvalue weighted by molar-refractivity contribution is 5.87. The second-order valence-corrected chi connectivity index (χ2v) is 5.84. The number of carboxylic acids is 1. The lowest BCUT2D eigenvalue weighted by Crippen LogP contribution is -2.57. The first-order chi connectivity index (χ1) is 10.4. The van der Waals surface area contributed by atoms with Crippen LogP contribution in [0, 0.1) is 11.7 Å². The third-order valence-electron chi connectivity index (χ3n) is 4.11. The molecule has 6 heteroatoms. The SMILES string of the molecule is CC1CCC(NC(=O)COc2ccccc2F)(C(=O)O)CC1. The summed E-state index contributed by atoms with van der Waals surface area (Å²) in [5, 5.41) is 12.0. The molecule has 0 aromatic heterocycles. The Morgan fingerprint density at radius 2 is 2.00 bits per heavy atom. The van der Waals surface area contributed by atoms with Crippen LogP contribution in [0.3, 0.4) is 0 Å². The molecule has 0 radical (unpaired) electrons. The Labute approximate surface area is 128 Å². The van der Waals surface area contributed by atoms with Crippen molar-refractivity contribution in [3.05, 3.63) is 30.1 Å². The molecule has 5 nitrogen and oxygen atoms in total. The molecule has 1 aromatic rings. The van der Waals surface area contributed by atoms with Gasteiger partial charge in [0.15, 0.2) is 18.2 Å². The van der Waals surface area contributed by atoms with Crippen molar-refractivity contribution >= 4 is 11.9 Å². The predicted molar refractivity (Wildman–Crippen MR) is 78.0 cm³/mol. The fraction of sp³-hybridized carbons (Fsp3) is 0.500. The van der Waals surface area contributed by atoms with Gasteiger partial charge < -0.3 is 15.2 Å². The van der Waals surface area contributed by atoms with Crippen molar-refractivity contribution < 1.29 is 23.8 Å². The molecule has 1 saturated carbocycles. The minimum Gasteiger partial charge on any atom is -0.481 e. The summed E-state index contributed by atoms with van der Waals surface area (Å²) in [6.07, 6.45) is 2.30. The normalized spacial score (nSPS) is 24.5. The van der Waals surface area contributed by atoms with E-state index in [1.165, 1.54) is 18.2 Å². The number of aliphatic carboxylic acids is 1. The van der Waals surface area contributed by atoms with Gasteiger partial charge in [-0.05, 0) is 43.7 Å². The van der Waals surface area contributed by atoms with Crippen molar-refractivity contribution in [2.24, 2.45) is 5.92 Å². The fourth-order valence-corrected chi connectivity index (χ4v) is 2.66. The summed E-state index contributed by atoms with van der Waals surface area (Å²) in [5.74, 6) is -1.72. The maximum Gasteiger partial charge on any atom is 0.329 e. The van der Waals surface area contributed by atoms with Crippen LogP contribution >= 0.6 is 0 Å². The number of halogens is 1. The Hall–Kier alpha value is -2.11. The molecule has 2 N–H and O–H groups in total. The molecule has 1 aliphatic carbocycles. The van der Waals surface area contributed by atoms with E-state index in [1.54, 1.807) is 6.07 Å². The van der Waals surface area contributed by atoms with Crippen LogP contribution in [0.4, 0.5) is 4.39 Å². The van der Waals surface area contributed by atoms with Crippen LogP contribution in [0.2, 0.25) is 0 Å². The van der Waals surface area contributed by atoms with E-state index in [0.29, 0.717) is 18.8 Å². The average Bonchev–Trinajstić information content (AvgIpc) is 2.49. The molecule has 1 aliphatic rings. The van der Waals surface area contributed by atoms with Crippen molar-refractivity contribution in [1.29, 1.82) is 0 Å². The number of rotatable bonds is 5. The maximum atomic E-state index is 13.4. The highest BCUT2D eigenvalue weighted by Gasteiger charge is 2.42. The second-order valence-electron chi connectivity index (χ2n) is 5.84. The van der Waals surface area contributed by atoms with Crippen molar-refractivity contribution in [3.63, 3.8) is 0 Å². The molecule has 1 aromatic carbocycles. The number of hydrogen-bond donors (Lipinski definition) is 2. The summed E-state index contributed by atoms with van der Waals surface area (Å²) in [7, 11) is 0. The molecule has 22 heavy (non-hydrogen) atoms. The van der Waals surface area contributed by atoms with Gasteiger partial charge in [-0.1, -0.05) is 19.1 Å². The van der Waals surface area contributed by atoms with Crippen molar-refractivity contribution in [2.45, 2.75) is 38.1 Å². The van der Waals surface area contributed by atoms with Gasteiger partial charge in [0, 0.05) is 0 Å². The number of carbonyl (C=O) groups excluding carboxylic acids is 1. The van der Waals surface area contributed by atoms with Gasteiger partial charge in [0.2, 0.25) is 0 Å². The smallest absolute Gasteiger partial charge is 0.329 e. The Morgan fingerprint density at radius 3 is 2.59 bits per heavy atom. The quantitative estimate of drug-likeness (QED) is 0.875. The Balaban J connectivity index is 1.95. The highest BCUT2D eigenvalue weighted by Crippen LogP contribution is 2.32. The third kappa shape index (κ3) is 3.75. The molecule has 0 heterocycles. The number of ether oxygens (including phenoxy) is 1. The summed E-state index contributed by atoms with van der Waals surface area (Å²) < 4.78 is 18.5. The van der Waals surface area contributed by atoms with Crippen molar-refractivity contribution in [2.75, 3.05) is 6.61 Å². The van der Waals surface area contributed by atoms with Crippen LogP contribution < -0.4 is 10.1 Å². The lowest BCUT2D eigenvalue weighted by atomic mass is 9.77. The monoisotopic (exact) mass is 309 g/mol. The molecule has 1 fully saturated rings. The van der Waals surface area contributed by atoms with E-state index in [1.807, 2.05) is 0 Å². The van der Waals surface area contributed by atoms with E-state index in [4.69, 9.17) is 4.74 Å². The molecular weight excluding hydrogens is 289 g/mol.